The Morgan fingerprint density at radius 1 is 1.39 bits per heavy atom. The summed E-state index contributed by atoms with van der Waals surface area (Å²) in [5.74, 6) is 1.27. The number of ether oxygens (including phenoxy) is 1. The van der Waals surface area contributed by atoms with Gasteiger partial charge in [-0.3, -0.25) is 10.1 Å². The summed E-state index contributed by atoms with van der Waals surface area (Å²) >= 11 is 11.0. The quantitative estimate of drug-likeness (QED) is 0.258. The number of nitro benzene ring substituents is 1. The molecule has 2 N–H and O–H groups in total. The number of hydrazone groups is 1. The van der Waals surface area contributed by atoms with Crippen molar-refractivity contribution in [1.29, 1.82) is 0 Å². The van der Waals surface area contributed by atoms with E-state index in [-0.39, 0.29) is 10.7 Å². The fourth-order valence-electron chi connectivity index (χ4n) is 2.36. The maximum Gasteiger partial charge on any atom is 0.288 e. The standard InChI is InChI=1S/C17H15ClN6O3S/c1-2-27-13-6-4-12(5-7-13)16-20-21-17(28)23(16)22-19-10-11-3-8-14(18)15(9-11)24(25)26/h3-10,22H,2H2,1H3,(H,21,28). The highest BCUT2D eigenvalue weighted by atomic mass is 35.5. The predicted molar refractivity (Wildman–Crippen MR) is 109 cm³/mol. The van der Waals surface area contributed by atoms with Gasteiger partial charge in [-0.05, 0) is 49.5 Å². The second kappa shape index (κ2) is 8.63. The SMILES string of the molecule is CCOc1ccc(-c2n[nH]c(=S)n2NN=Cc2ccc(Cl)c([N+](=O)[O-])c2)cc1. The third kappa shape index (κ3) is 4.35. The van der Waals surface area contributed by atoms with E-state index in [1.165, 1.54) is 23.0 Å². The first kappa shape index (κ1) is 19.5. The molecule has 0 aliphatic rings. The number of hydrogen-bond donors (Lipinski definition) is 2. The number of aromatic amines is 1. The van der Waals surface area contributed by atoms with E-state index in [2.05, 4.69) is 20.8 Å². The number of benzene rings is 2. The molecule has 1 aromatic heterocycles. The Balaban J connectivity index is 1.81. The highest BCUT2D eigenvalue weighted by Gasteiger charge is 2.12. The van der Waals surface area contributed by atoms with Gasteiger partial charge in [0, 0.05) is 17.2 Å². The first-order valence-electron chi connectivity index (χ1n) is 8.13. The zero-order chi connectivity index (χ0) is 20.1. The van der Waals surface area contributed by atoms with E-state index in [0.29, 0.717) is 22.8 Å². The van der Waals surface area contributed by atoms with Crippen molar-refractivity contribution in [2.75, 3.05) is 12.1 Å². The summed E-state index contributed by atoms with van der Waals surface area (Å²) in [6.07, 6.45) is 1.42. The molecule has 0 aliphatic carbocycles. The fourth-order valence-corrected chi connectivity index (χ4v) is 2.72. The summed E-state index contributed by atoms with van der Waals surface area (Å²) < 4.78 is 7.22. The smallest absolute Gasteiger partial charge is 0.288 e. The monoisotopic (exact) mass is 418 g/mol. The second-order valence-corrected chi connectivity index (χ2v) is 6.27. The molecule has 0 saturated heterocycles. The van der Waals surface area contributed by atoms with Gasteiger partial charge in [-0.1, -0.05) is 17.7 Å². The van der Waals surface area contributed by atoms with Crippen molar-refractivity contribution in [2.24, 2.45) is 5.10 Å². The molecule has 0 amide bonds. The van der Waals surface area contributed by atoms with E-state index < -0.39 is 4.92 Å². The minimum absolute atomic E-state index is 0.0601. The van der Waals surface area contributed by atoms with Crippen LogP contribution in [0.4, 0.5) is 5.69 Å². The molecule has 1 heterocycles. The molecule has 0 bridgehead atoms. The summed E-state index contributed by atoms with van der Waals surface area (Å²) in [6, 6.07) is 11.7. The first-order valence-corrected chi connectivity index (χ1v) is 8.92. The van der Waals surface area contributed by atoms with Gasteiger partial charge in [0.2, 0.25) is 4.77 Å². The second-order valence-electron chi connectivity index (χ2n) is 5.47. The highest BCUT2D eigenvalue weighted by Crippen LogP contribution is 2.24. The van der Waals surface area contributed by atoms with Gasteiger partial charge >= 0.3 is 0 Å². The van der Waals surface area contributed by atoms with Gasteiger partial charge in [0.15, 0.2) is 5.82 Å². The third-order valence-electron chi connectivity index (χ3n) is 3.63. The van der Waals surface area contributed by atoms with Gasteiger partial charge in [0.25, 0.3) is 5.69 Å². The Morgan fingerprint density at radius 3 is 2.82 bits per heavy atom. The van der Waals surface area contributed by atoms with Gasteiger partial charge < -0.3 is 4.74 Å². The molecule has 9 nitrogen and oxygen atoms in total. The maximum atomic E-state index is 11.0. The average molecular weight is 419 g/mol. The summed E-state index contributed by atoms with van der Waals surface area (Å²) in [5.41, 5.74) is 3.87. The van der Waals surface area contributed by atoms with Gasteiger partial charge in [0.05, 0.1) is 17.7 Å². The molecule has 0 atom stereocenters. The highest BCUT2D eigenvalue weighted by molar-refractivity contribution is 7.71. The van der Waals surface area contributed by atoms with E-state index in [9.17, 15) is 10.1 Å². The van der Waals surface area contributed by atoms with Crippen molar-refractivity contribution in [3.05, 3.63) is 67.9 Å². The largest absolute Gasteiger partial charge is 0.494 e. The van der Waals surface area contributed by atoms with Crippen LogP contribution in [0.2, 0.25) is 5.02 Å². The first-order chi connectivity index (χ1) is 13.5. The molecule has 144 valence electrons. The Morgan fingerprint density at radius 2 is 2.14 bits per heavy atom. The third-order valence-corrected chi connectivity index (χ3v) is 4.23. The number of nitrogens with zero attached hydrogens (tertiary/aromatic N) is 4. The van der Waals surface area contributed by atoms with E-state index in [4.69, 9.17) is 28.6 Å². The summed E-state index contributed by atoms with van der Waals surface area (Å²) in [7, 11) is 0. The molecule has 11 heteroatoms. The van der Waals surface area contributed by atoms with Gasteiger partial charge in [-0.15, -0.1) is 0 Å². The molecule has 0 aliphatic heterocycles. The lowest BCUT2D eigenvalue weighted by atomic mass is 10.2. The maximum absolute atomic E-state index is 11.0. The predicted octanol–water partition coefficient (Wildman–Crippen LogP) is 4.15. The van der Waals surface area contributed by atoms with Gasteiger partial charge in [0.1, 0.15) is 10.8 Å². The average Bonchev–Trinajstić information content (AvgIpc) is 3.04. The molecule has 3 aromatic rings. The van der Waals surface area contributed by atoms with Crippen molar-refractivity contribution in [3.8, 4) is 17.1 Å². The molecule has 2 aromatic carbocycles. The number of hydrogen-bond acceptors (Lipinski definition) is 7. The number of halogens is 1. The van der Waals surface area contributed by atoms with Crippen LogP contribution in [0.3, 0.4) is 0 Å². The Bertz CT molecular complexity index is 1080. The fraction of sp³-hybridized carbons (Fsp3) is 0.118. The molecule has 0 fully saturated rings. The topological polar surface area (TPSA) is 110 Å². The summed E-state index contributed by atoms with van der Waals surface area (Å²) in [6.45, 7) is 2.49. The van der Waals surface area contributed by atoms with Crippen LogP contribution in [-0.4, -0.2) is 32.6 Å². The lowest BCUT2D eigenvalue weighted by molar-refractivity contribution is -0.384. The zero-order valence-corrected chi connectivity index (χ0v) is 16.2. The normalized spacial score (nSPS) is 10.9. The number of H-pyrrole nitrogens is 1. The van der Waals surface area contributed by atoms with Crippen molar-refractivity contribution in [1.82, 2.24) is 14.9 Å². The number of aromatic nitrogens is 3. The molecular weight excluding hydrogens is 404 g/mol. The van der Waals surface area contributed by atoms with Crippen LogP contribution in [-0.2, 0) is 0 Å². The van der Waals surface area contributed by atoms with E-state index in [0.717, 1.165) is 11.3 Å². The van der Waals surface area contributed by atoms with Gasteiger partial charge in [-0.2, -0.15) is 14.9 Å². The molecule has 0 unspecified atom stereocenters. The minimum Gasteiger partial charge on any atom is -0.494 e. The molecule has 3 rings (SSSR count). The van der Waals surface area contributed by atoms with E-state index in [1.54, 1.807) is 6.07 Å². The van der Waals surface area contributed by atoms with Crippen LogP contribution in [0.5, 0.6) is 5.75 Å². The summed E-state index contributed by atoms with van der Waals surface area (Å²) in [4.78, 5) is 10.4. The van der Waals surface area contributed by atoms with Crippen LogP contribution >= 0.6 is 23.8 Å². The van der Waals surface area contributed by atoms with E-state index in [1.807, 2.05) is 31.2 Å². The molecule has 0 radical (unpaired) electrons. The number of nitro groups is 1. The summed E-state index contributed by atoms with van der Waals surface area (Å²) in [5, 5.41) is 22.0. The number of rotatable bonds is 7. The zero-order valence-electron chi connectivity index (χ0n) is 14.6. The van der Waals surface area contributed by atoms with Crippen LogP contribution in [0.25, 0.3) is 11.4 Å². The van der Waals surface area contributed by atoms with E-state index >= 15 is 0 Å². The minimum atomic E-state index is -0.552. The van der Waals surface area contributed by atoms with Crippen molar-refractivity contribution in [2.45, 2.75) is 6.92 Å². The van der Waals surface area contributed by atoms with Gasteiger partial charge in [-0.25, -0.2) is 10.6 Å². The lowest BCUT2D eigenvalue weighted by Gasteiger charge is -2.07. The van der Waals surface area contributed by atoms with Crippen molar-refractivity contribution < 1.29 is 9.66 Å². The Hall–Kier alpha value is -3.24. The molecule has 28 heavy (non-hydrogen) atoms. The van der Waals surface area contributed by atoms with Crippen molar-refractivity contribution in [3.63, 3.8) is 0 Å². The molecular formula is C17H15ClN6O3S. The Kier molecular flexibility index (Phi) is 6.02. The lowest BCUT2D eigenvalue weighted by Crippen LogP contribution is -2.10. The van der Waals surface area contributed by atoms with Crippen LogP contribution < -0.4 is 10.3 Å². The Labute approximate surface area is 169 Å². The van der Waals surface area contributed by atoms with Crippen LogP contribution in [0.15, 0.2) is 47.6 Å². The molecule has 0 saturated carbocycles. The molecule has 0 spiro atoms. The van der Waals surface area contributed by atoms with Crippen LogP contribution in [0, 0.1) is 14.9 Å². The van der Waals surface area contributed by atoms with Crippen molar-refractivity contribution >= 4 is 35.7 Å². The number of nitrogens with one attached hydrogen (secondary N) is 2. The van der Waals surface area contributed by atoms with Crippen LogP contribution in [0.1, 0.15) is 12.5 Å².